The van der Waals surface area contributed by atoms with Crippen molar-refractivity contribution in [3.8, 4) is 0 Å². The van der Waals surface area contributed by atoms with E-state index in [-0.39, 0.29) is 6.10 Å². The molecule has 0 saturated heterocycles. The van der Waals surface area contributed by atoms with Crippen LogP contribution in [0.2, 0.25) is 0 Å². The van der Waals surface area contributed by atoms with E-state index >= 15 is 0 Å². The molecule has 0 aromatic rings. The first kappa shape index (κ1) is 17.0. The first-order chi connectivity index (χ1) is 10.3. The van der Waals surface area contributed by atoms with Crippen LogP contribution in [0, 0.1) is 5.92 Å². The van der Waals surface area contributed by atoms with Crippen LogP contribution in [0.4, 0.5) is 0 Å². The molecule has 1 fully saturated rings. The fraction of sp³-hybridized carbons (Fsp3) is 0.889. The monoisotopic (exact) mass is 295 g/mol. The zero-order valence-electron chi connectivity index (χ0n) is 13.7. The highest BCUT2D eigenvalue weighted by atomic mass is 16.5. The molecule has 2 aliphatic rings. The number of aliphatic hydroxyl groups is 1. The van der Waals surface area contributed by atoms with Gasteiger partial charge in [-0.1, -0.05) is 31.4 Å². The summed E-state index contributed by atoms with van der Waals surface area (Å²) in [5.74, 6) is 0.650. The number of aliphatic hydroxyl groups excluding tert-OH is 1. The van der Waals surface area contributed by atoms with Crippen LogP contribution in [-0.2, 0) is 4.74 Å². The average Bonchev–Trinajstić information content (AvgIpc) is 2.52. The maximum atomic E-state index is 10.0. The molecule has 0 heterocycles. The molecule has 2 N–H and O–H groups in total. The summed E-state index contributed by atoms with van der Waals surface area (Å²) in [6, 6.07) is 0. The molecule has 0 spiro atoms. The molecule has 21 heavy (non-hydrogen) atoms. The van der Waals surface area contributed by atoms with Crippen LogP contribution in [0.3, 0.4) is 0 Å². The van der Waals surface area contributed by atoms with Crippen LogP contribution in [0.1, 0.15) is 64.7 Å². The van der Waals surface area contributed by atoms with Gasteiger partial charge in [-0.25, -0.2) is 0 Å². The average molecular weight is 295 g/mol. The number of nitrogens with one attached hydrogen (secondary N) is 1. The molecular weight excluding hydrogens is 262 g/mol. The Morgan fingerprint density at radius 1 is 1.29 bits per heavy atom. The van der Waals surface area contributed by atoms with E-state index in [1.165, 1.54) is 44.9 Å². The van der Waals surface area contributed by atoms with Crippen LogP contribution < -0.4 is 5.32 Å². The van der Waals surface area contributed by atoms with Crippen molar-refractivity contribution in [3.05, 3.63) is 11.6 Å². The fourth-order valence-corrected chi connectivity index (χ4v) is 3.47. The Balaban J connectivity index is 1.51. The maximum absolute atomic E-state index is 10.0. The highest BCUT2D eigenvalue weighted by molar-refractivity contribution is 5.05. The van der Waals surface area contributed by atoms with Crippen molar-refractivity contribution in [3.63, 3.8) is 0 Å². The molecule has 3 unspecified atom stereocenters. The lowest BCUT2D eigenvalue weighted by Crippen LogP contribution is -2.34. The normalized spacial score (nSPS) is 28.2. The van der Waals surface area contributed by atoms with Crippen molar-refractivity contribution >= 4 is 0 Å². The molecule has 0 bridgehead atoms. The summed E-state index contributed by atoms with van der Waals surface area (Å²) in [4.78, 5) is 0. The summed E-state index contributed by atoms with van der Waals surface area (Å²) in [6.07, 6.45) is 13.8. The largest absolute Gasteiger partial charge is 0.389 e. The van der Waals surface area contributed by atoms with E-state index in [2.05, 4.69) is 18.3 Å². The number of rotatable bonds is 8. The van der Waals surface area contributed by atoms with Crippen molar-refractivity contribution in [2.75, 3.05) is 19.7 Å². The minimum absolute atomic E-state index is 0.362. The van der Waals surface area contributed by atoms with Gasteiger partial charge in [0.1, 0.15) is 0 Å². The van der Waals surface area contributed by atoms with Crippen molar-refractivity contribution in [1.29, 1.82) is 0 Å². The summed E-state index contributed by atoms with van der Waals surface area (Å²) in [5, 5.41) is 13.4. The third-order valence-electron chi connectivity index (χ3n) is 4.92. The van der Waals surface area contributed by atoms with E-state index in [9.17, 15) is 5.11 Å². The van der Waals surface area contributed by atoms with Gasteiger partial charge in [-0.15, -0.1) is 0 Å². The molecule has 3 atom stereocenters. The quantitative estimate of drug-likeness (QED) is 0.532. The smallest absolute Gasteiger partial charge is 0.0897 e. The van der Waals surface area contributed by atoms with Gasteiger partial charge < -0.3 is 15.2 Å². The Hall–Kier alpha value is -0.380. The molecule has 0 amide bonds. The molecule has 2 rings (SSSR count). The minimum Gasteiger partial charge on any atom is -0.389 e. The molecule has 2 aliphatic carbocycles. The third-order valence-corrected chi connectivity index (χ3v) is 4.92. The molecule has 0 aromatic carbocycles. The Labute approximate surface area is 130 Å². The van der Waals surface area contributed by atoms with Crippen molar-refractivity contribution in [1.82, 2.24) is 5.32 Å². The SMILES string of the molecule is CC1CCCCC1OCC(O)CNCCC1=CCCCC1. The van der Waals surface area contributed by atoms with Crippen molar-refractivity contribution in [2.24, 2.45) is 5.92 Å². The second-order valence-corrected chi connectivity index (χ2v) is 6.85. The van der Waals surface area contributed by atoms with Gasteiger partial charge in [0.2, 0.25) is 0 Å². The summed E-state index contributed by atoms with van der Waals surface area (Å²) in [5.41, 5.74) is 1.59. The Bertz CT molecular complexity index is 316. The van der Waals surface area contributed by atoms with Gasteiger partial charge in [-0.3, -0.25) is 0 Å². The van der Waals surface area contributed by atoms with Crippen LogP contribution in [0.5, 0.6) is 0 Å². The van der Waals surface area contributed by atoms with Crippen LogP contribution in [0.25, 0.3) is 0 Å². The highest BCUT2D eigenvalue weighted by Crippen LogP contribution is 2.26. The van der Waals surface area contributed by atoms with Crippen LogP contribution >= 0.6 is 0 Å². The molecule has 0 radical (unpaired) electrons. The van der Waals surface area contributed by atoms with E-state index < -0.39 is 0 Å². The second-order valence-electron chi connectivity index (χ2n) is 6.85. The van der Waals surface area contributed by atoms with Gasteiger partial charge >= 0.3 is 0 Å². The Morgan fingerprint density at radius 2 is 2.14 bits per heavy atom. The van der Waals surface area contributed by atoms with Crippen molar-refractivity contribution < 1.29 is 9.84 Å². The molecule has 122 valence electrons. The summed E-state index contributed by atoms with van der Waals surface area (Å²) < 4.78 is 5.90. The topological polar surface area (TPSA) is 41.5 Å². The highest BCUT2D eigenvalue weighted by Gasteiger charge is 2.22. The van der Waals surface area contributed by atoms with E-state index in [1.54, 1.807) is 5.57 Å². The fourth-order valence-electron chi connectivity index (χ4n) is 3.47. The first-order valence-corrected chi connectivity index (χ1v) is 8.94. The standard InChI is InChI=1S/C18H33NO2/c1-15-7-5-6-10-18(15)21-14-17(20)13-19-12-11-16-8-3-2-4-9-16/h8,15,17-20H,2-7,9-14H2,1H3. The molecule has 0 aliphatic heterocycles. The number of hydrogen-bond acceptors (Lipinski definition) is 3. The van der Waals surface area contributed by atoms with E-state index in [4.69, 9.17) is 4.74 Å². The molecular formula is C18H33NO2. The summed E-state index contributed by atoms with van der Waals surface area (Å²) in [6.45, 7) is 4.37. The summed E-state index contributed by atoms with van der Waals surface area (Å²) in [7, 11) is 0. The zero-order valence-corrected chi connectivity index (χ0v) is 13.7. The van der Waals surface area contributed by atoms with E-state index in [0.29, 0.717) is 25.2 Å². The number of ether oxygens (including phenoxy) is 1. The zero-order chi connectivity index (χ0) is 14.9. The third kappa shape index (κ3) is 6.50. The van der Waals surface area contributed by atoms with Gasteiger partial charge in [0.05, 0.1) is 18.8 Å². The van der Waals surface area contributed by atoms with Gasteiger partial charge in [0, 0.05) is 6.54 Å². The first-order valence-electron chi connectivity index (χ1n) is 8.94. The predicted octanol–water partition coefficient (Wildman–Crippen LogP) is 3.42. The molecule has 0 aromatic heterocycles. The van der Waals surface area contributed by atoms with E-state index in [1.807, 2.05) is 0 Å². The van der Waals surface area contributed by atoms with Gasteiger partial charge in [0.15, 0.2) is 0 Å². The lowest BCUT2D eigenvalue weighted by Gasteiger charge is -2.29. The minimum atomic E-state index is -0.375. The summed E-state index contributed by atoms with van der Waals surface area (Å²) >= 11 is 0. The van der Waals surface area contributed by atoms with Gasteiger partial charge in [-0.2, -0.15) is 0 Å². The van der Waals surface area contributed by atoms with E-state index in [0.717, 1.165) is 19.4 Å². The molecule has 3 heteroatoms. The number of allylic oxidation sites excluding steroid dienone is 1. The molecule has 3 nitrogen and oxygen atoms in total. The van der Waals surface area contributed by atoms with Crippen LogP contribution in [0.15, 0.2) is 11.6 Å². The Kier molecular flexibility index (Phi) is 7.76. The number of hydrogen-bond donors (Lipinski definition) is 2. The van der Waals surface area contributed by atoms with Crippen LogP contribution in [-0.4, -0.2) is 37.0 Å². The molecule has 1 saturated carbocycles. The van der Waals surface area contributed by atoms with Gasteiger partial charge in [-0.05, 0) is 57.4 Å². The predicted molar refractivity (Wildman–Crippen MR) is 87.4 cm³/mol. The maximum Gasteiger partial charge on any atom is 0.0897 e. The second kappa shape index (κ2) is 9.60. The lowest BCUT2D eigenvalue weighted by molar-refractivity contribution is -0.0450. The lowest BCUT2D eigenvalue weighted by atomic mass is 9.88. The van der Waals surface area contributed by atoms with Crippen molar-refractivity contribution in [2.45, 2.75) is 76.9 Å². The van der Waals surface area contributed by atoms with Gasteiger partial charge in [0.25, 0.3) is 0 Å². The Morgan fingerprint density at radius 3 is 2.90 bits per heavy atom.